The highest BCUT2D eigenvalue weighted by molar-refractivity contribution is 7.33. The number of hydrogen-bond donors (Lipinski definition) is 0. The Bertz CT molecular complexity index is 2950. The Morgan fingerprint density at radius 2 is 0.938 bits per heavy atom. The number of benzene rings is 5. The van der Waals surface area contributed by atoms with E-state index in [1.165, 1.54) is 132 Å². The second-order valence-electron chi connectivity index (χ2n) is 25.8. The Morgan fingerprint density at radius 3 is 1.50 bits per heavy atom. The Hall–Kier alpha value is -4.28. The lowest BCUT2D eigenvalue weighted by molar-refractivity contribution is 0.332. The third-order valence-corrected chi connectivity index (χ3v) is 18.8. The molecule has 0 amide bonds. The van der Waals surface area contributed by atoms with Gasteiger partial charge >= 0.3 is 0 Å². The van der Waals surface area contributed by atoms with Crippen LogP contribution in [0.4, 0.5) is 34.1 Å². The van der Waals surface area contributed by atoms with Crippen molar-refractivity contribution >= 4 is 78.0 Å². The lowest BCUT2D eigenvalue weighted by Gasteiger charge is -2.47. The molecule has 0 radical (unpaired) electrons. The van der Waals surface area contributed by atoms with Crippen LogP contribution in [0.15, 0.2) is 84.9 Å². The van der Waals surface area contributed by atoms with E-state index in [0.717, 1.165) is 0 Å². The third kappa shape index (κ3) is 6.02. The summed E-state index contributed by atoms with van der Waals surface area (Å²) in [6, 6.07) is 35.0. The van der Waals surface area contributed by atoms with Gasteiger partial charge in [-0.25, -0.2) is 0 Å². The average molecular weight is 863 g/mol. The van der Waals surface area contributed by atoms with Gasteiger partial charge in [0.25, 0.3) is 6.71 Å². The number of hydrogen-bond acceptors (Lipinski definition) is 3. The highest BCUT2D eigenvalue weighted by Gasteiger charge is 2.49. The summed E-state index contributed by atoms with van der Waals surface area (Å²) in [7, 11) is 0. The van der Waals surface area contributed by atoms with Crippen LogP contribution >= 0.6 is 11.3 Å². The van der Waals surface area contributed by atoms with Crippen molar-refractivity contribution in [1.29, 1.82) is 0 Å². The van der Waals surface area contributed by atoms with E-state index in [1.807, 2.05) is 0 Å². The predicted octanol–water partition coefficient (Wildman–Crippen LogP) is 15.3. The normalized spacial score (nSPS) is 21.3. The van der Waals surface area contributed by atoms with E-state index in [-0.39, 0.29) is 44.6 Å². The quantitative estimate of drug-likeness (QED) is 0.160. The molecular formula is C60H71BN2S. The molecule has 2 nitrogen and oxygen atoms in total. The molecule has 64 heavy (non-hydrogen) atoms. The molecule has 5 aliphatic rings. The van der Waals surface area contributed by atoms with Crippen molar-refractivity contribution in [2.75, 3.05) is 9.80 Å². The summed E-state index contributed by atoms with van der Waals surface area (Å²) in [5, 5.41) is 1.42. The van der Waals surface area contributed by atoms with E-state index in [4.69, 9.17) is 0 Å². The Labute approximate surface area is 390 Å². The van der Waals surface area contributed by atoms with Gasteiger partial charge in [0.1, 0.15) is 0 Å². The van der Waals surface area contributed by atoms with Crippen molar-refractivity contribution in [3.8, 4) is 0 Å². The van der Waals surface area contributed by atoms with E-state index in [0.29, 0.717) is 0 Å². The monoisotopic (exact) mass is 863 g/mol. The summed E-state index contributed by atoms with van der Waals surface area (Å²) in [4.78, 5) is 5.37. The largest absolute Gasteiger partial charge is 0.311 e. The van der Waals surface area contributed by atoms with Gasteiger partial charge in [-0.1, -0.05) is 134 Å². The summed E-state index contributed by atoms with van der Waals surface area (Å²) in [6.45, 7) is 36.9. The average Bonchev–Trinajstić information content (AvgIpc) is 3.60. The van der Waals surface area contributed by atoms with Crippen LogP contribution in [0, 0.1) is 0 Å². The molecule has 3 aliphatic carbocycles. The highest BCUT2D eigenvalue weighted by atomic mass is 32.1. The summed E-state index contributed by atoms with van der Waals surface area (Å²) in [5.41, 5.74) is 22.0. The van der Waals surface area contributed by atoms with Crippen LogP contribution < -0.4 is 25.5 Å². The molecule has 0 atom stereocenters. The van der Waals surface area contributed by atoms with E-state index in [1.54, 1.807) is 5.56 Å². The number of thiophene rings is 1. The highest BCUT2D eigenvalue weighted by Crippen LogP contribution is 2.55. The predicted molar refractivity (Wildman–Crippen MR) is 280 cm³/mol. The number of fused-ring (bicyclic) bond motifs is 9. The van der Waals surface area contributed by atoms with Crippen LogP contribution in [0.25, 0.3) is 10.1 Å². The number of rotatable bonds is 2. The van der Waals surface area contributed by atoms with Gasteiger partial charge < -0.3 is 9.80 Å². The molecule has 1 aromatic heterocycles. The Morgan fingerprint density at radius 1 is 0.469 bits per heavy atom. The van der Waals surface area contributed by atoms with E-state index in [2.05, 4.69) is 210 Å². The van der Waals surface area contributed by atoms with Crippen molar-refractivity contribution in [2.45, 2.75) is 180 Å². The first-order valence-electron chi connectivity index (χ1n) is 24.6. The van der Waals surface area contributed by atoms with Gasteiger partial charge in [0.05, 0.1) is 5.69 Å². The second-order valence-corrected chi connectivity index (χ2v) is 26.9. The molecule has 2 aliphatic heterocycles. The van der Waals surface area contributed by atoms with Crippen molar-refractivity contribution in [1.82, 2.24) is 0 Å². The second kappa shape index (κ2) is 13.2. The summed E-state index contributed by atoms with van der Waals surface area (Å²) >= 11 is 2.08. The molecule has 11 rings (SSSR count). The van der Waals surface area contributed by atoms with E-state index in [9.17, 15) is 0 Å². The maximum absolute atomic E-state index is 2.73. The zero-order valence-electron chi connectivity index (χ0n) is 41.7. The first kappa shape index (κ1) is 42.4. The molecule has 0 saturated carbocycles. The van der Waals surface area contributed by atoms with Crippen LogP contribution in [0.2, 0.25) is 0 Å². The minimum Gasteiger partial charge on any atom is -0.311 e. The van der Waals surface area contributed by atoms with Crippen molar-refractivity contribution in [2.24, 2.45) is 0 Å². The topological polar surface area (TPSA) is 6.48 Å². The summed E-state index contributed by atoms with van der Waals surface area (Å²) in [5.74, 6) is 0. The lowest BCUT2D eigenvalue weighted by atomic mass is 9.35. The fourth-order valence-electron chi connectivity index (χ4n) is 12.9. The fraction of sp³-hybridized carbons (Fsp3) is 0.467. The molecule has 330 valence electrons. The van der Waals surface area contributed by atoms with Crippen LogP contribution in [0.5, 0.6) is 0 Å². The van der Waals surface area contributed by atoms with Gasteiger partial charge in [-0.2, -0.15) is 0 Å². The van der Waals surface area contributed by atoms with Crippen LogP contribution in [0.1, 0.15) is 181 Å². The number of nitrogens with zero attached hydrogens (tertiary/aromatic N) is 2. The molecule has 0 spiro atoms. The van der Waals surface area contributed by atoms with Crippen molar-refractivity contribution in [3.63, 3.8) is 0 Å². The lowest BCUT2D eigenvalue weighted by Crippen LogP contribution is -2.61. The molecular weight excluding hydrogens is 792 g/mol. The summed E-state index contributed by atoms with van der Waals surface area (Å²) < 4.78 is 2.91. The number of anilines is 6. The maximum atomic E-state index is 2.73. The van der Waals surface area contributed by atoms with Gasteiger partial charge in [-0.05, 0) is 181 Å². The van der Waals surface area contributed by atoms with Gasteiger partial charge in [0, 0.05) is 43.3 Å². The molecule has 0 bridgehead atoms. The van der Waals surface area contributed by atoms with Crippen molar-refractivity contribution < 1.29 is 0 Å². The SMILES string of the molecule is CC(C)(C)c1ccc(N2c3cc4c(cc3B3c5sc6cc7c(cc6c5N(c5ccc6c(c5)C(C)(C)CCC6(C)C)c5cccc2c53)C(C)(C)CCC7(C)C)C(C)(C)CCC4(C)C)cc1. The zero-order chi connectivity index (χ0) is 45.5. The molecule has 4 heteroatoms. The van der Waals surface area contributed by atoms with E-state index < -0.39 is 0 Å². The molecule has 6 aromatic rings. The zero-order valence-corrected chi connectivity index (χ0v) is 42.5. The molecule has 0 saturated heterocycles. The van der Waals surface area contributed by atoms with Crippen LogP contribution in [-0.2, 0) is 37.9 Å². The standard InChI is InChI=1S/C60H71BN2S/c1-54(2,3)36-19-21-37(22-20-36)62-47-17-16-18-48-51(47)61(46-33-43-44(34-49(46)62)59(12,13)29-28-58(43,10)11)53-52(39-32-42-45(35-50(39)64-53)60(14,15)30-27-57(42,8)9)63(48)38-23-24-40-41(31-38)56(6,7)26-25-55(40,4)5/h16-24,31-35H,25-30H2,1-15H3. The van der Waals surface area contributed by atoms with Gasteiger partial charge in [-0.3, -0.25) is 0 Å². The Kier molecular flexibility index (Phi) is 8.74. The minimum absolute atomic E-state index is 0.0738. The molecule has 0 fully saturated rings. The molecule has 5 aromatic carbocycles. The smallest absolute Gasteiger partial charge is 0.264 e. The van der Waals surface area contributed by atoms with Crippen LogP contribution in [0.3, 0.4) is 0 Å². The van der Waals surface area contributed by atoms with Gasteiger partial charge in [0.2, 0.25) is 0 Å². The molecule has 0 N–H and O–H groups in total. The summed E-state index contributed by atoms with van der Waals surface area (Å²) in [6.07, 6.45) is 7.21. The third-order valence-electron chi connectivity index (χ3n) is 17.6. The minimum atomic E-state index is 0.0738. The maximum Gasteiger partial charge on any atom is 0.264 e. The first-order valence-corrected chi connectivity index (χ1v) is 25.4. The Balaban J connectivity index is 1.26. The van der Waals surface area contributed by atoms with Crippen LogP contribution in [-0.4, -0.2) is 6.71 Å². The molecule has 3 heterocycles. The van der Waals surface area contributed by atoms with Gasteiger partial charge in [0.15, 0.2) is 0 Å². The molecule has 0 unspecified atom stereocenters. The fourth-order valence-corrected chi connectivity index (χ4v) is 14.3. The van der Waals surface area contributed by atoms with Crippen molar-refractivity contribution in [3.05, 3.63) is 124 Å². The van der Waals surface area contributed by atoms with Gasteiger partial charge in [-0.15, -0.1) is 11.3 Å². The first-order chi connectivity index (χ1) is 29.8. The van der Waals surface area contributed by atoms with E-state index >= 15 is 0 Å².